The van der Waals surface area contributed by atoms with E-state index in [1.54, 1.807) is 42.1 Å². The van der Waals surface area contributed by atoms with Crippen LogP contribution in [0.3, 0.4) is 0 Å². The number of amides is 1. The maximum Gasteiger partial charge on any atom is 0.255 e. The number of carbonyl (C=O) groups is 1. The Morgan fingerprint density at radius 3 is 2.47 bits per heavy atom. The lowest BCUT2D eigenvalue weighted by atomic mass is 9.95. The minimum atomic E-state index is -0.545. The number of halogens is 1. The summed E-state index contributed by atoms with van der Waals surface area (Å²) in [5.74, 6) is 1.63. The monoisotopic (exact) mass is 515 g/mol. The second kappa shape index (κ2) is 10.6. The lowest BCUT2D eigenvalue weighted by Gasteiger charge is -2.29. The first-order chi connectivity index (χ1) is 18.5. The fraction of sp³-hybridized carbons (Fsp3) is 0.179. The highest BCUT2D eigenvalue weighted by Gasteiger charge is 2.33. The van der Waals surface area contributed by atoms with Gasteiger partial charge in [0.15, 0.2) is 0 Å². The van der Waals surface area contributed by atoms with Crippen LogP contribution in [0.25, 0.3) is 0 Å². The molecule has 5 rings (SSSR count). The van der Waals surface area contributed by atoms with E-state index in [-0.39, 0.29) is 11.7 Å². The third-order valence-electron chi connectivity index (χ3n) is 6.21. The number of ether oxygens (including phenoxy) is 3. The van der Waals surface area contributed by atoms with Crippen LogP contribution >= 0.6 is 0 Å². The number of allylic oxidation sites excluding steroid dienone is 1. The molecule has 1 atom stereocenters. The van der Waals surface area contributed by atoms with Gasteiger partial charge in [0.1, 0.15) is 42.0 Å². The van der Waals surface area contributed by atoms with Crippen molar-refractivity contribution >= 4 is 17.5 Å². The van der Waals surface area contributed by atoms with Crippen molar-refractivity contribution in [2.45, 2.75) is 19.6 Å². The van der Waals surface area contributed by atoms with E-state index < -0.39 is 6.04 Å². The van der Waals surface area contributed by atoms with Gasteiger partial charge in [-0.15, -0.1) is 0 Å². The van der Waals surface area contributed by atoms with Crippen molar-refractivity contribution in [3.8, 4) is 17.2 Å². The Balaban J connectivity index is 1.42. The van der Waals surface area contributed by atoms with Gasteiger partial charge in [-0.2, -0.15) is 10.1 Å². The highest BCUT2D eigenvalue weighted by Crippen LogP contribution is 2.37. The Kier molecular flexibility index (Phi) is 6.94. The van der Waals surface area contributed by atoms with Gasteiger partial charge in [-0.25, -0.2) is 9.07 Å². The Morgan fingerprint density at radius 1 is 1.03 bits per heavy atom. The van der Waals surface area contributed by atoms with Crippen LogP contribution in [-0.4, -0.2) is 34.9 Å². The zero-order chi connectivity index (χ0) is 26.6. The molecule has 2 heterocycles. The maximum absolute atomic E-state index is 13.7. The van der Waals surface area contributed by atoms with E-state index in [4.69, 9.17) is 14.2 Å². The number of nitrogens with zero attached hydrogens (tertiary/aromatic N) is 3. The van der Waals surface area contributed by atoms with Crippen molar-refractivity contribution in [3.05, 3.63) is 101 Å². The predicted octanol–water partition coefficient (Wildman–Crippen LogP) is 4.94. The molecule has 10 heteroatoms. The van der Waals surface area contributed by atoms with Crippen LogP contribution in [0.1, 0.15) is 24.1 Å². The van der Waals surface area contributed by atoms with Crippen LogP contribution in [0.5, 0.6) is 17.2 Å². The molecular weight excluding hydrogens is 489 g/mol. The number of hydrogen-bond donors (Lipinski definition) is 2. The lowest BCUT2D eigenvalue weighted by Crippen LogP contribution is -2.31. The van der Waals surface area contributed by atoms with Crippen molar-refractivity contribution in [1.29, 1.82) is 0 Å². The Labute approximate surface area is 218 Å². The molecule has 1 aliphatic heterocycles. The number of hydrogen-bond acceptors (Lipinski definition) is 7. The van der Waals surface area contributed by atoms with Crippen molar-refractivity contribution < 1.29 is 23.4 Å². The number of nitrogens with one attached hydrogen (secondary N) is 2. The van der Waals surface area contributed by atoms with E-state index in [1.165, 1.54) is 25.6 Å². The van der Waals surface area contributed by atoms with Gasteiger partial charge < -0.3 is 24.8 Å². The minimum absolute atomic E-state index is 0.291. The third-order valence-corrected chi connectivity index (χ3v) is 6.21. The van der Waals surface area contributed by atoms with E-state index in [0.717, 1.165) is 11.1 Å². The maximum atomic E-state index is 13.7. The molecule has 1 aliphatic rings. The van der Waals surface area contributed by atoms with Gasteiger partial charge in [0, 0.05) is 11.8 Å². The van der Waals surface area contributed by atoms with Crippen LogP contribution in [-0.2, 0) is 11.4 Å². The largest absolute Gasteiger partial charge is 0.497 e. The predicted molar refractivity (Wildman–Crippen MR) is 140 cm³/mol. The molecule has 0 saturated heterocycles. The lowest BCUT2D eigenvalue weighted by molar-refractivity contribution is -0.113. The summed E-state index contributed by atoms with van der Waals surface area (Å²) in [6, 6.07) is 18.2. The Hall–Kier alpha value is -4.86. The molecule has 4 aromatic rings. The summed E-state index contributed by atoms with van der Waals surface area (Å²) in [5.41, 5.74) is 3.25. The molecule has 0 unspecified atom stereocenters. The molecule has 0 radical (unpaired) electrons. The molecule has 0 aliphatic carbocycles. The standard InChI is InChI=1S/C28H26FN5O4/c1-17-25(27(35)33-23-14-22(36-2)12-13-24(23)37-3)26(34-28(32-17)30-16-31-34)19-6-10-21(11-7-19)38-15-18-4-8-20(29)9-5-18/h4-14,16,26H,15H2,1-3H3,(H,33,35)(H,30,31,32)/t26-/m1/s1. The molecule has 1 amide bonds. The normalized spacial score (nSPS) is 14.4. The molecule has 9 nitrogen and oxygen atoms in total. The zero-order valence-corrected chi connectivity index (χ0v) is 21.1. The highest BCUT2D eigenvalue weighted by atomic mass is 19.1. The molecule has 0 spiro atoms. The van der Waals surface area contributed by atoms with Gasteiger partial charge in [-0.05, 0) is 54.4 Å². The molecule has 2 N–H and O–H groups in total. The first kappa shape index (κ1) is 24.8. The number of methoxy groups -OCH3 is 2. The summed E-state index contributed by atoms with van der Waals surface area (Å²) in [4.78, 5) is 18.0. The summed E-state index contributed by atoms with van der Waals surface area (Å²) >= 11 is 0. The van der Waals surface area contributed by atoms with E-state index in [0.29, 0.717) is 46.8 Å². The molecule has 3 aromatic carbocycles. The van der Waals surface area contributed by atoms with Gasteiger partial charge >= 0.3 is 0 Å². The average molecular weight is 516 g/mol. The van der Waals surface area contributed by atoms with Crippen LogP contribution < -0.4 is 24.8 Å². The molecule has 194 valence electrons. The van der Waals surface area contributed by atoms with Gasteiger partial charge in [0.25, 0.3) is 5.91 Å². The summed E-state index contributed by atoms with van der Waals surface area (Å²) in [6.45, 7) is 2.12. The second-order valence-electron chi connectivity index (χ2n) is 8.60. The van der Waals surface area contributed by atoms with Crippen molar-refractivity contribution in [1.82, 2.24) is 14.8 Å². The van der Waals surface area contributed by atoms with E-state index in [9.17, 15) is 9.18 Å². The molecule has 0 bridgehead atoms. The van der Waals surface area contributed by atoms with Crippen LogP contribution in [0.4, 0.5) is 16.0 Å². The van der Waals surface area contributed by atoms with Gasteiger partial charge in [-0.3, -0.25) is 4.79 Å². The number of carbonyl (C=O) groups excluding carboxylic acids is 1. The van der Waals surface area contributed by atoms with Gasteiger partial charge in [0.05, 0.1) is 25.5 Å². The quantitative estimate of drug-likeness (QED) is 0.343. The van der Waals surface area contributed by atoms with Crippen LogP contribution in [0.15, 0.2) is 84.3 Å². The van der Waals surface area contributed by atoms with Crippen molar-refractivity contribution in [2.75, 3.05) is 24.9 Å². The van der Waals surface area contributed by atoms with Crippen LogP contribution in [0, 0.1) is 5.82 Å². The average Bonchev–Trinajstić information content (AvgIpc) is 3.40. The van der Waals surface area contributed by atoms with Gasteiger partial charge in [0.2, 0.25) is 5.95 Å². The summed E-state index contributed by atoms with van der Waals surface area (Å²) in [7, 11) is 3.09. The smallest absolute Gasteiger partial charge is 0.255 e. The summed E-state index contributed by atoms with van der Waals surface area (Å²) in [6.07, 6.45) is 1.44. The highest BCUT2D eigenvalue weighted by molar-refractivity contribution is 6.06. The molecule has 38 heavy (non-hydrogen) atoms. The number of aromatic nitrogens is 3. The van der Waals surface area contributed by atoms with E-state index >= 15 is 0 Å². The van der Waals surface area contributed by atoms with Crippen molar-refractivity contribution in [2.24, 2.45) is 0 Å². The van der Waals surface area contributed by atoms with E-state index in [1.807, 2.05) is 31.2 Å². The van der Waals surface area contributed by atoms with Crippen LogP contribution in [0.2, 0.25) is 0 Å². The van der Waals surface area contributed by atoms with Crippen molar-refractivity contribution in [3.63, 3.8) is 0 Å². The summed E-state index contributed by atoms with van der Waals surface area (Å²) < 4.78 is 31.4. The second-order valence-corrected chi connectivity index (χ2v) is 8.60. The fourth-order valence-corrected chi connectivity index (χ4v) is 4.29. The Bertz CT molecular complexity index is 1480. The molecular formula is C28H26FN5O4. The number of fused-ring (bicyclic) bond motifs is 1. The molecule has 0 saturated carbocycles. The Morgan fingerprint density at radius 2 is 1.76 bits per heavy atom. The zero-order valence-electron chi connectivity index (χ0n) is 21.1. The number of benzene rings is 3. The topological polar surface area (TPSA) is 99.5 Å². The number of rotatable bonds is 8. The SMILES string of the molecule is COc1ccc(OC)c(NC(=O)C2=C(C)Nc3ncnn3[C@@H]2c2ccc(OCc3ccc(F)cc3)cc2)c1. The minimum Gasteiger partial charge on any atom is -0.497 e. The third kappa shape index (κ3) is 5.01. The molecule has 0 fully saturated rings. The number of anilines is 2. The first-order valence-electron chi connectivity index (χ1n) is 11.8. The van der Waals surface area contributed by atoms with Gasteiger partial charge in [-0.1, -0.05) is 24.3 Å². The van der Waals surface area contributed by atoms with E-state index in [2.05, 4.69) is 20.7 Å². The summed E-state index contributed by atoms with van der Waals surface area (Å²) in [5, 5.41) is 10.5. The molecule has 1 aromatic heterocycles. The first-order valence-corrected chi connectivity index (χ1v) is 11.8. The fourth-order valence-electron chi connectivity index (χ4n) is 4.29.